The molecule has 0 bridgehead atoms. The third kappa shape index (κ3) is 2.18. The minimum absolute atomic E-state index is 0.0920. The molecule has 2 rings (SSSR count). The third-order valence-corrected chi connectivity index (χ3v) is 3.54. The summed E-state index contributed by atoms with van der Waals surface area (Å²) >= 11 is 1.83. The Morgan fingerprint density at radius 3 is 3.20 bits per heavy atom. The quantitative estimate of drug-likeness (QED) is 0.781. The zero-order valence-corrected chi connectivity index (χ0v) is 9.07. The minimum atomic E-state index is 0.0920. The summed E-state index contributed by atoms with van der Waals surface area (Å²) in [5, 5.41) is 9.22. The molecule has 1 saturated heterocycles. The number of aldehydes is 1. The number of carbonyl (C=O) groups excluding carboxylic acids is 1. The van der Waals surface area contributed by atoms with Crippen molar-refractivity contribution in [3.05, 3.63) is 17.9 Å². The number of nitrogens with zero attached hydrogens (tertiary/aromatic N) is 1. The number of thioether (sulfide) groups is 1. The van der Waals surface area contributed by atoms with Crippen LogP contribution in [0, 0.1) is 0 Å². The molecule has 0 saturated carbocycles. The molecule has 0 spiro atoms. The molecule has 5 heteroatoms. The van der Waals surface area contributed by atoms with Gasteiger partial charge in [-0.15, -0.1) is 0 Å². The number of aliphatic hydroxyl groups is 1. The smallest absolute Gasteiger partial charge is 0.196 e. The first-order valence-electron chi connectivity index (χ1n) is 4.85. The van der Waals surface area contributed by atoms with Crippen molar-refractivity contribution in [2.24, 2.45) is 0 Å². The van der Waals surface area contributed by atoms with Crippen molar-refractivity contribution >= 4 is 23.9 Å². The fraction of sp³-hybridized carbons (Fsp3) is 0.500. The molecule has 1 aliphatic rings. The van der Waals surface area contributed by atoms with Gasteiger partial charge in [0.15, 0.2) is 17.9 Å². The summed E-state index contributed by atoms with van der Waals surface area (Å²) in [6.07, 6.45) is 0.691. The Morgan fingerprint density at radius 2 is 2.53 bits per heavy atom. The van der Waals surface area contributed by atoms with E-state index in [9.17, 15) is 9.90 Å². The van der Waals surface area contributed by atoms with E-state index in [1.807, 2.05) is 16.7 Å². The first kappa shape index (κ1) is 10.6. The van der Waals surface area contributed by atoms with Gasteiger partial charge in [-0.2, -0.15) is 11.8 Å². The van der Waals surface area contributed by atoms with Crippen LogP contribution in [0.3, 0.4) is 0 Å². The summed E-state index contributed by atoms with van der Waals surface area (Å²) in [5.74, 6) is 2.93. The van der Waals surface area contributed by atoms with Gasteiger partial charge in [-0.25, -0.2) is 0 Å². The molecular formula is C10H13NO3S. The van der Waals surface area contributed by atoms with Crippen molar-refractivity contribution in [1.29, 1.82) is 0 Å². The molecule has 1 unspecified atom stereocenters. The maximum Gasteiger partial charge on any atom is 0.196 e. The molecule has 0 radical (unpaired) electrons. The van der Waals surface area contributed by atoms with Gasteiger partial charge in [-0.1, -0.05) is 0 Å². The van der Waals surface area contributed by atoms with Gasteiger partial charge < -0.3 is 14.4 Å². The van der Waals surface area contributed by atoms with E-state index in [1.165, 1.54) is 0 Å². The van der Waals surface area contributed by atoms with Crippen LogP contribution < -0.4 is 4.90 Å². The molecule has 1 aliphatic heterocycles. The third-order valence-electron chi connectivity index (χ3n) is 2.45. The normalized spacial score (nSPS) is 21.7. The van der Waals surface area contributed by atoms with Crippen LogP contribution >= 0.6 is 11.8 Å². The summed E-state index contributed by atoms with van der Waals surface area (Å²) in [7, 11) is 0. The fourth-order valence-electron chi connectivity index (χ4n) is 1.66. The van der Waals surface area contributed by atoms with Gasteiger partial charge in [-0.3, -0.25) is 4.79 Å². The van der Waals surface area contributed by atoms with Gasteiger partial charge in [-0.05, 0) is 6.07 Å². The highest BCUT2D eigenvalue weighted by atomic mass is 32.2. The molecule has 0 aromatic carbocycles. The Balaban J connectivity index is 2.16. The largest absolute Gasteiger partial charge is 0.438 e. The number of hydrogen-bond donors (Lipinski definition) is 1. The van der Waals surface area contributed by atoms with Crippen LogP contribution in [0.1, 0.15) is 10.6 Å². The Bertz CT molecular complexity index is 339. The number of anilines is 1. The van der Waals surface area contributed by atoms with Gasteiger partial charge >= 0.3 is 0 Å². The van der Waals surface area contributed by atoms with Crippen LogP contribution in [0.4, 0.5) is 5.88 Å². The molecule has 1 aromatic heterocycles. The fourth-order valence-corrected chi connectivity index (χ4v) is 2.71. The summed E-state index contributed by atoms with van der Waals surface area (Å²) < 4.78 is 5.34. The van der Waals surface area contributed by atoms with E-state index >= 15 is 0 Å². The monoisotopic (exact) mass is 227 g/mol. The molecule has 0 aliphatic carbocycles. The Morgan fingerprint density at radius 1 is 1.67 bits per heavy atom. The van der Waals surface area contributed by atoms with Crippen LogP contribution in [0.5, 0.6) is 0 Å². The Hall–Kier alpha value is -0.940. The highest BCUT2D eigenvalue weighted by molar-refractivity contribution is 7.99. The first-order chi connectivity index (χ1) is 7.35. The summed E-state index contributed by atoms with van der Waals surface area (Å²) in [5.41, 5.74) is 0. The van der Waals surface area contributed by atoms with E-state index in [0.717, 1.165) is 18.1 Å². The van der Waals surface area contributed by atoms with E-state index in [0.29, 0.717) is 17.9 Å². The lowest BCUT2D eigenvalue weighted by molar-refractivity contribution is 0.110. The van der Waals surface area contributed by atoms with Gasteiger partial charge in [0.25, 0.3) is 0 Å². The van der Waals surface area contributed by atoms with E-state index < -0.39 is 0 Å². The van der Waals surface area contributed by atoms with Crippen molar-refractivity contribution < 1.29 is 14.3 Å². The number of rotatable bonds is 3. The van der Waals surface area contributed by atoms with E-state index in [4.69, 9.17) is 4.42 Å². The zero-order chi connectivity index (χ0) is 10.7. The lowest BCUT2D eigenvalue weighted by Gasteiger charge is -2.33. The van der Waals surface area contributed by atoms with E-state index in [1.54, 1.807) is 12.1 Å². The number of aliphatic hydroxyl groups excluding tert-OH is 1. The highest BCUT2D eigenvalue weighted by Gasteiger charge is 2.24. The van der Waals surface area contributed by atoms with Gasteiger partial charge in [0, 0.05) is 24.1 Å². The van der Waals surface area contributed by atoms with Crippen LogP contribution in [0.15, 0.2) is 16.5 Å². The van der Waals surface area contributed by atoms with Crippen molar-refractivity contribution in [1.82, 2.24) is 0 Å². The average molecular weight is 227 g/mol. The molecule has 1 fully saturated rings. The lowest BCUT2D eigenvalue weighted by atomic mass is 10.3. The number of furan rings is 1. The standard InChI is InChI=1S/C10H13NO3S/c12-5-8-7-15-4-3-11(8)10-2-1-9(6-13)14-10/h1-2,6,8,12H,3-5,7H2. The molecular weight excluding hydrogens is 214 g/mol. The molecule has 1 aromatic rings. The van der Waals surface area contributed by atoms with Crippen molar-refractivity contribution in [3.8, 4) is 0 Å². The summed E-state index contributed by atoms with van der Waals surface area (Å²) in [6, 6.07) is 3.52. The number of carbonyl (C=O) groups is 1. The maximum atomic E-state index is 10.5. The van der Waals surface area contributed by atoms with Gasteiger partial charge in [0.2, 0.25) is 0 Å². The van der Waals surface area contributed by atoms with E-state index in [-0.39, 0.29) is 12.6 Å². The van der Waals surface area contributed by atoms with Crippen LogP contribution in [-0.4, -0.2) is 42.1 Å². The molecule has 0 amide bonds. The number of hydrogen-bond acceptors (Lipinski definition) is 5. The highest BCUT2D eigenvalue weighted by Crippen LogP contribution is 2.25. The van der Waals surface area contributed by atoms with E-state index in [2.05, 4.69) is 0 Å². The predicted molar refractivity (Wildman–Crippen MR) is 59.6 cm³/mol. The first-order valence-corrected chi connectivity index (χ1v) is 6.01. The second-order valence-corrected chi connectivity index (χ2v) is 4.55. The SMILES string of the molecule is O=Cc1ccc(N2CCSCC2CO)o1. The minimum Gasteiger partial charge on any atom is -0.438 e. The second kappa shape index (κ2) is 4.72. The van der Waals surface area contributed by atoms with Crippen LogP contribution in [0.2, 0.25) is 0 Å². The molecule has 15 heavy (non-hydrogen) atoms. The van der Waals surface area contributed by atoms with Crippen molar-refractivity contribution in [2.75, 3.05) is 29.6 Å². The van der Waals surface area contributed by atoms with Gasteiger partial charge in [0.05, 0.1) is 12.6 Å². The van der Waals surface area contributed by atoms with Crippen LogP contribution in [-0.2, 0) is 0 Å². The summed E-state index contributed by atoms with van der Waals surface area (Å²) in [6.45, 7) is 0.964. The Kier molecular flexibility index (Phi) is 3.33. The Labute approximate surface area is 92.2 Å². The average Bonchev–Trinajstić information content (AvgIpc) is 2.77. The second-order valence-electron chi connectivity index (χ2n) is 3.40. The topological polar surface area (TPSA) is 53.7 Å². The molecule has 4 nitrogen and oxygen atoms in total. The van der Waals surface area contributed by atoms with Crippen molar-refractivity contribution in [2.45, 2.75) is 6.04 Å². The molecule has 1 N–H and O–H groups in total. The lowest BCUT2D eigenvalue weighted by Crippen LogP contribution is -2.44. The zero-order valence-electron chi connectivity index (χ0n) is 8.26. The predicted octanol–water partition coefficient (Wildman–Crippen LogP) is 1.01. The molecule has 2 heterocycles. The molecule has 82 valence electrons. The van der Waals surface area contributed by atoms with Crippen LogP contribution in [0.25, 0.3) is 0 Å². The molecule has 1 atom stereocenters. The van der Waals surface area contributed by atoms with Crippen molar-refractivity contribution in [3.63, 3.8) is 0 Å². The van der Waals surface area contributed by atoms with Gasteiger partial charge in [0.1, 0.15) is 0 Å². The maximum absolute atomic E-state index is 10.5. The summed E-state index contributed by atoms with van der Waals surface area (Å²) in [4.78, 5) is 12.5.